The van der Waals surface area contributed by atoms with E-state index in [-0.39, 0.29) is 0 Å². The van der Waals surface area contributed by atoms with E-state index < -0.39 is 0 Å². The quantitative estimate of drug-likeness (QED) is 0.647. The summed E-state index contributed by atoms with van der Waals surface area (Å²) in [5.74, 6) is 1.59. The molecule has 3 unspecified atom stereocenters. The highest BCUT2D eigenvalue weighted by molar-refractivity contribution is 5.80. The molecule has 1 heterocycles. The van der Waals surface area contributed by atoms with Gasteiger partial charge in [0.15, 0.2) is 5.96 Å². The summed E-state index contributed by atoms with van der Waals surface area (Å²) >= 11 is 0. The zero-order chi connectivity index (χ0) is 15.4. The second-order valence-electron chi connectivity index (χ2n) is 6.38. The Kier molecular flexibility index (Phi) is 4.98. The van der Waals surface area contributed by atoms with Crippen molar-refractivity contribution in [1.29, 1.82) is 0 Å². The number of nitrogens with zero attached hydrogens (tertiary/aromatic N) is 2. The van der Waals surface area contributed by atoms with Gasteiger partial charge >= 0.3 is 0 Å². The van der Waals surface area contributed by atoms with Gasteiger partial charge in [0.25, 0.3) is 0 Å². The lowest BCUT2D eigenvalue weighted by molar-refractivity contribution is 0.267. The molecule has 1 aromatic carbocycles. The monoisotopic (exact) mass is 300 g/mol. The maximum Gasteiger partial charge on any atom is 0.191 e. The standard InChI is InChI=1S/C18H28N4/c1-3-22-11-7-10-15(22)13-20-18(19-2)21-17-12-16(17)14-8-5-4-6-9-14/h4-6,8-9,15-17H,3,7,10-13H2,1-2H3,(H2,19,20,21). The molecular weight excluding hydrogens is 272 g/mol. The van der Waals surface area contributed by atoms with Crippen LogP contribution in [0.5, 0.6) is 0 Å². The van der Waals surface area contributed by atoms with Gasteiger partial charge < -0.3 is 10.6 Å². The second kappa shape index (κ2) is 7.14. The average molecular weight is 300 g/mol. The van der Waals surface area contributed by atoms with E-state index in [0.29, 0.717) is 18.0 Å². The van der Waals surface area contributed by atoms with Crippen LogP contribution < -0.4 is 10.6 Å². The largest absolute Gasteiger partial charge is 0.355 e. The molecular formula is C18H28N4. The van der Waals surface area contributed by atoms with Gasteiger partial charge in [-0.05, 0) is 37.9 Å². The van der Waals surface area contributed by atoms with Crippen LogP contribution in [0, 0.1) is 0 Å². The summed E-state index contributed by atoms with van der Waals surface area (Å²) in [6.07, 6.45) is 3.83. The molecule has 0 spiro atoms. The molecule has 0 radical (unpaired) electrons. The molecule has 1 aliphatic carbocycles. The first-order chi connectivity index (χ1) is 10.8. The predicted octanol–water partition coefficient (Wildman–Crippen LogP) is 2.19. The van der Waals surface area contributed by atoms with Crippen molar-refractivity contribution < 1.29 is 0 Å². The van der Waals surface area contributed by atoms with Crippen LogP contribution in [0.2, 0.25) is 0 Å². The summed E-state index contributed by atoms with van der Waals surface area (Å²) < 4.78 is 0. The Morgan fingerprint density at radius 2 is 2.14 bits per heavy atom. The molecule has 0 aromatic heterocycles. The number of likely N-dealkylation sites (tertiary alicyclic amines) is 1. The number of aliphatic imine (C=N–C) groups is 1. The number of hydrogen-bond donors (Lipinski definition) is 2. The number of benzene rings is 1. The molecule has 4 nitrogen and oxygen atoms in total. The molecule has 2 aliphatic rings. The molecule has 1 aromatic rings. The van der Waals surface area contributed by atoms with E-state index in [1.807, 2.05) is 7.05 Å². The van der Waals surface area contributed by atoms with Gasteiger partial charge in [-0.25, -0.2) is 0 Å². The first-order valence-corrected chi connectivity index (χ1v) is 8.58. The van der Waals surface area contributed by atoms with Gasteiger partial charge in [0.1, 0.15) is 0 Å². The van der Waals surface area contributed by atoms with E-state index >= 15 is 0 Å². The topological polar surface area (TPSA) is 39.7 Å². The number of hydrogen-bond acceptors (Lipinski definition) is 2. The van der Waals surface area contributed by atoms with Crippen LogP contribution in [-0.2, 0) is 0 Å². The summed E-state index contributed by atoms with van der Waals surface area (Å²) in [6, 6.07) is 12.0. The molecule has 2 fully saturated rings. The second-order valence-corrected chi connectivity index (χ2v) is 6.38. The van der Waals surface area contributed by atoms with E-state index in [0.717, 1.165) is 19.0 Å². The van der Waals surface area contributed by atoms with Crippen molar-refractivity contribution in [3.05, 3.63) is 35.9 Å². The lowest BCUT2D eigenvalue weighted by atomic mass is 10.1. The predicted molar refractivity (Wildman–Crippen MR) is 92.4 cm³/mol. The molecule has 0 bridgehead atoms. The zero-order valence-electron chi connectivity index (χ0n) is 13.8. The molecule has 3 atom stereocenters. The molecule has 1 aliphatic heterocycles. The Hall–Kier alpha value is -1.55. The highest BCUT2D eigenvalue weighted by Gasteiger charge is 2.38. The number of rotatable bonds is 5. The van der Waals surface area contributed by atoms with Gasteiger partial charge in [0, 0.05) is 31.6 Å². The minimum Gasteiger partial charge on any atom is -0.355 e. The van der Waals surface area contributed by atoms with Crippen LogP contribution in [0.15, 0.2) is 35.3 Å². The smallest absolute Gasteiger partial charge is 0.191 e. The van der Waals surface area contributed by atoms with Crippen LogP contribution in [-0.4, -0.2) is 49.6 Å². The van der Waals surface area contributed by atoms with Gasteiger partial charge in [-0.15, -0.1) is 0 Å². The Morgan fingerprint density at radius 3 is 2.86 bits per heavy atom. The summed E-state index contributed by atoms with van der Waals surface area (Å²) in [6.45, 7) is 5.64. The molecule has 120 valence electrons. The molecule has 4 heteroatoms. The summed E-state index contributed by atoms with van der Waals surface area (Å²) in [4.78, 5) is 6.94. The fraction of sp³-hybridized carbons (Fsp3) is 0.611. The van der Waals surface area contributed by atoms with Crippen molar-refractivity contribution in [3.63, 3.8) is 0 Å². The molecule has 2 N–H and O–H groups in total. The number of nitrogens with one attached hydrogen (secondary N) is 2. The number of likely N-dealkylation sites (N-methyl/N-ethyl adjacent to an activating group) is 1. The molecule has 1 saturated heterocycles. The fourth-order valence-electron chi connectivity index (χ4n) is 3.55. The third-order valence-corrected chi connectivity index (χ3v) is 4.97. The Labute approximate surface area is 134 Å². The Morgan fingerprint density at radius 1 is 1.32 bits per heavy atom. The summed E-state index contributed by atoms with van der Waals surface area (Å²) in [5.41, 5.74) is 1.43. The van der Waals surface area contributed by atoms with Crippen LogP contribution in [0.4, 0.5) is 0 Å². The van der Waals surface area contributed by atoms with E-state index in [2.05, 4.69) is 57.8 Å². The SMILES string of the molecule is CCN1CCCC1CNC(=NC)NC1CC1c1ccccc1. The van der Waals surface area contributed by atoms with Crippen molar-refractivity contribution in [2.24, 2.45) is 4.99 Å². The van der Waals surface area contributed by atoms with Crippen LogP contribution in [0.25, 0.3) is 0 Å². The van der Waals surface area contributed by atoms with Crippen molar-refractivity contribution in [1.82, 2.24) is 15.5 Å². The van der Waals surface area contributed by atoms with Crippen molar-refractivity contribution in [3.8, 4) is 0 Å². The van der Waals surface area contributed by atoms with Gasteiger partial charge in [0.05, 0.1) is 0 Å². The Balaban J connectivity index is 1.46. The van der Waals surface area contributed by atoms with Crippen LogP contribution in [0.1, 0.15) is 37.7 Å². The molecule has 3 rings (SSSR count). The molecule has 0 amide bonds. The maximum atomic E-state index is 4.38. The first kappa shape index (κ1) is 15.3. The van der Waals surface area contributed by atoms with Gasteiger partial charge in [-0.2, -0.15) is 0 Å². The summed E-state index contributed by atoms with van der Waals surface area (Å²) in [5, 5.41) is 7.08. The zero-order valence-corrected chi connectivity index (χ0v) is 13.8. The van der Waals surface area contributed by atoms with Crippen LogP contribution in [0.3, 0.4) is 0 Å². The van der Waals surface area contributed by atoms with E-state index in [1.54, 1.807) is 0 Å². The first-order valence-electron chi connectivity index (χ1n) is 8.58. The normalized spacial score (nSPS) is 28.6. The van der Waals surface area contributed by atoms with Crippen molar-refractivity contribution >= 4 is 5.96 Å². The average Bonchev–Trinajstić information content (AvgIpc) is 3.19. The van der Waals surface area contributed by atoms with Gasteiger partial charge in [0.2, 0.25) is 0 Å². The number of guanidine groups is 1. The lowest BCUT2D eigenvalue weighted by Gasteiger charge is -2.24. The lowest BCUT2D eigenvalue weighted by Crippen LogP contribution is -2.45. The van der Waals surface area contributed by atoms with E-state index in [1.165, 1.54) is 31.4 Å². The maximum absolute atomic E-state index is 4.38. The van der Waals surface area contributed by atoms with Crippen molar-refractivity contribution in [2.45, 2.75) is 44.2 Å². The van der Waals surface area contributed by atoms with E-state index in [4.69, 9.17) is 0 Å². The summed E-state index contributed by atoms with van der Waals surface area (Å²) in [7, 11) is 1.86. The highest BCUT2D eigenvalue weighted by atomic mass is 15.2. The van der Waals surface area contributed by atoms with Gasteiger partial charge in [-0.3, -0.25) is 9.89 Å². The minimum atomic E-state index is 0.527. The minimum absolute atomic E-state index is 0.527. The van der Waals surface area contributed by atoms with Crippen LogP contribution >= 0.6 is 0 Å². The third-order valence-electron chi connectivity index (χ3n) is 4.97. The molecule has 22 heavy (non-hydrogen) atoms. The van der Waals surface area contributed by atoms with E-state index in [9.17, 15) is 0 Å². The molecule has 1 saturated carbocycles. The third kappa shape index (κ3) is 3.61. The Bertz CT molecular complexity index is 499. The van der Waals surface area contributed by atoms with Gasteiger partial charge in [-0.1, -0.05) is 37.3 Å². The fourth-order valence-corrected chi connectivity index (χ4v) is 3.55. The highest BCUT2D eigenvalue weighted by Crippen LogP contribution is 2.40. The van der Waals surface area contributed by atoms with Crippen molar-refractivity contribution in [2.75, 3.05) is 26.7 Å².